The van der Waals surface area contributed by atoms with Crippen molar-refractivity contribution in [2.45, 2.75) is 12.8 Å². The second kappa shape index (κ2) is 7.75. The van der Waals surface area contributed by atoms with E-state index in [0.29, 0.717) is 21.6 Å². The molecule has 0 saturated carbocycles. The van der Waals surface area contributed by atoms with Crippen molar-refractivity contribution in [1.29, 1.82) is 0 Å². The number of hydrogen-bond donors (Lipinski definition) is 1. The topological polar surface area (TPSA) is 54.9 Å². The Morgan fingerprint density at radius 1 is 1.00 bits per heavy atom. The van der Waals surface area contributed by atoms with Crippen molar-refractivity contribution in [3.63, 3.8) is 0 Å². The molecule has 1 aromatic heterocycles. The van der Waals surface area contributed by atoms with Crippen molar-refractivity contribution in [3.05, 3.63) is 74.7 Å². The Bertz CT molecular complexity index is 852. The molecule has 0 spiro atoms. The van der Waals surface area contributed by atoms with Crippen LogP contribution in [0.2, 0.25) is 10.0 Å². The number of aromatic nitrogens is 2. The molecule has 0 radical (unpaired) electrons. The summed E-state index contributed by atoms with van der Waals surface area (Å²) in [4.78, 5) is 12.1. The maximum atomic E-state index is 12.1. The van der Waals surface area contributed by atoms with Crippen LogP contribution in [0.3, 0.4) is 0 Å². The van der Waals surface area contributed by atoms with Gasteiger partial charge in [0.25, 0.3) is 0 Å². The van der Waals surface area contributed by atoms with Gasteiger partial charge in [-0.25, -0.2) is 0 Å². The Balaban J connectivity index is 1.59. The lowest BCUT2D eigenvalue weighted by molar-refractivity contribution is -0.115. The molecule has 0 aliphatic rings. The fraction of sp³-hybridized carbons (Fsp3) is 0.118. The third kappa shape index (κ3) is 4.54. The van der Waals surface area contributed by atoms with Crippen LogP contribution in [0.5, 0.6) is 0 Å². The molecule has 1 amide bonds. The van der Waals surface area contributed by atoms with E-state index in [-0.39, 0.29) is 12.3 Å². The van der Waals surface area contributed by atoms with Gasteiger partial charge in [-0.05, 0) is 23.3 Å². The van der Waals surface area contributed by atoms with Gasteiger partial charge in [0.2, 0.25) is 11.0 Å². The molecule has 0 unspecified atom stereocenters. The lowest BCUT2D eigenvalue weighted by Crippen LogP contribution is -2.14. The molecule has 122 valence electrons. The van der Waals surface area contributed by atoms with E-state index in [1.807, 2.05) is 30.3 Å². The summed E-state index contributed by atoms with van der Waals surface area (Å²) in [6.07, 6.45) is 0.895. The number of rotatable bonds is 5. The van der Waals surface area contributed by atoms with Gasteiger partial charge in [-0.2, -0.15) is 0 Å². The van der Waals surface area contributed by atoms with Gasteiger partial charge in [0.05, 0.1) is 16.5 Å². The molecule has 0 atom stereocenters. The molecule has 4 nitrogen and oxygen atoms in total. The highest BCUT2D eigenvalue weighted by atomic mass is 35.5. The van der Waals surface area contributed by atoms with Crippen molar-refractivity contribution in [3.8, 4) is 0 Å². The fourth-order valence-corrected chi connectivity index (χ4v) is 3.26. The molecule has 3 aromatic rings. The molecule has 1 N–H and O–H groups in total. The van der Waals surface area contributed by atoms with Crippen LogP contribution in [-0.4, -0.2) is 16.1 Å². The number of benzene rings is 2. The monoisotopic (exact) mass is 377 g/mol. The maximum Gasteiger partial charge on any atom is 0.230 e. The maximum absolute atomic E-state index is 12.1. The molecule has 0 fully saturated rings. The van der Waals surface area contributed by atoms with Gasteiger partial charge in [-0.15, -0.1) is 10.2 Å². The van der Waals surface area contributed by atoms with Gasteiger partial charge >= 0.3 is 0 Å². The molecular weight excluding hydrogens is 365 g/mol. The van der Waals surface area contributed by atoms with E-state index in [9.17, 15) is 4.79 Å². The Kier molecular flexibility index (Phi) is 5.45. The van der Waals surface area contributed by atoms with Gasteiger partial charge in [-0.1, -0.05) is 70.9 Å². The number of hydrogen-bond acceptors (Lipinski definition) is 4. The van der Waals surface area contributed by atoms with Crippen LogP contribution < -0.4 is 5.32 Å². The summed E-state index contributed by atoms with van der Waals surface area (Å²) in [5.41, 5.74) is 1.94. The van der Waals surface area contributed by atoms with E-state index in [2.05, 4.69) is 15.5 Å². The second-order valence-electron chi connectivity index (χ2n) is 5.14. The van der Waals surface area contributed by atoms with Crippen molar-refractivity contribution in [1.82, 2.24) is 10.2 Å². The third-order valence-corrected chi connectivity index (χ3v) is 4.84. The normalized spacial score (nSPS) is 10.6. The molecule has 3 rings (SSSR count). The highest BCUT2D eigenvalue weighted by Gasteiger charge is 2.10. The third-order valence-electron chi connectivity index (χ3n) is 3.26. The lowest BCUT2D eigenvalue weighted by atomic mass is 10.1. The molecule has 24 heavy (non-hydrogen) atoms. The summed E-state index contributed by atoms with van der Waals surface area (Å²) in [5, 5.41) is 13.1. The first-order chi connectivity index (χ1) is 11.6. The Hall–Kier alpha value is -1.95. The van der Waals surface area contributed by atoms with E-state index >= 15 is 0 Å². The average Bonchev–Trinajstić information content (AvgIpc) is 2.99. The lowest BCUT2D eigenvalue weighted by Gasteiger charge is -2.03. The summed E-state index contributed by atoms with van der Waals surface area (Å²) in [5.74, 6) is -0.171. The number of nitrogens with zero attached hydrogens (tertiary/aromatic N) is 2. The van der Waals surface area contributed by atoms with Gasteiger partial charge in [0, 0.05) is 6.42 Å². The van der Waals surface area contributed by atoms with E-state index < -0.39 is 0 Å². The van der Waals surface area contributed by atoms with E-state index in [1.165, 1.54) is 11.3 Å². The quantitative estimate of drug-likeness (QED) is 0.705. The van der Waals surface area contributed by atoms with Gasteiger partial charge in [0.15, 0.2) is 0 Å². The van der Waals surface area contributed by atoms with E-state index in [1.54, 1.807) is 18.2 Å². The standard InChI is InChI=1S/C17H13Cl2N3OS/c18-13-7-6-12(8-14(13)19)9-15(23)20-17-22-21-16(24-17)10-11-4-2-1-3-5-11/h1-8H,9-10H2,(H,20,22,23). The van der Waals surface area contributed by atoms with E-state index in [4.69, 9.17) is 23.2 Å². The van der Waals surface area contributed by atoms with Crippen molar-refractivity contribution >= 4 is 45.6 Å². The minimum absolute atomic E-state index is 0.171. The minimum atomic E-state index is -0.171. The molecule has 1 heterocycles. The molecule has 2 aromatic carbocycles. The SMILES string of the molecule is O=C(Cc1ccc(Cl)c(Cl)c1)Nc1nnc(Cc2ccccc2)s1. The second-order valence-corrected chi connectivity index (χ2v) is 7.01. The van der Waals surface area contributed by atoms with Crippen LogP contribution in [0.4, 0.5) is 5.13 Å². The van der Waals surface area contributed by atoms with Crippen LogP contribution in [-0.2, 0) is 17.6 Å². The largest absolute Gasteiger partial charge is 0.300 e. The summed E-state index contributed by atoms with van der Waals surface area (Å²) < 4.78 is 0. The van der Waals surface area contributed by atoms with Crippen molar-refractivity contribution < 1.29 is 4.79 Å². The molecule has 0 bridgehead atoms. The first kappa shape index (κ1) is 16.9. The zero-order valence-corrected chi connectivity index (χ0v) is 14.8. The van der Waals surface area contributed by atoms with Crippen LogP contribution in [0.25, 0.3) is 0 Å². The number of halogens is 2. The van der Waals surface area contributed by atoms with E-state index in [0.717, 1.165) is 16.1 Å². The van der Waals surface area contributed by atoms with Gasteiger partial charge < -0.3 is 5.32 Å². The molecule has 0 saturated heterocycles. The number of amides is 1. The Morgan fingerprint density at radius 2 is 1.79 bits per heavy atom. The summed E-state index contributed by atoms with van der Waals surface area (Å²) in [6.45, 7) is 0. The molecule has 0 aliphatic carbocycles. The highest BCUT2D eigenvalue weighted by Crippen LogP contribution is 2.23. The summed E-state index contributed by atoms with van der Waals surface area (Å²) in [6, 6.07) is 15.1. The highest BCUT2D eigenvalue weighted by molar-refractivity contribution is 7.15. The summed E-state index contributed by atoms with van der Waals surface area (Å²) in [7, 11) is 0. The predicted octanol–water partition coefficient (Wildman–Crippen LogP) is 4.62. The summed E-state index contributed by atoms with van der Waals surface area (Å²) >= 11 is 13.2. The van der Waals surface area contributed by atoms with Crippen molar-refractivity contribution in [2.75, 3.05) is 5.32 Å². The smallest absolute Gasteiger partial charge is 0.230 e. The molecule has 0 aliphatic heterocycles. The Morgan fingerprint density at radius 3 is 2.54 bits per heavy atom. The number of carbonyl (C=O) groups is 1. The van der Waals surface area contributed by atoms with Crippen LogP contribution in [0.15, 0.2) is 48.5 Å². The number of carbonyl (C=O) groups excluding carboxylic acids is 1. The first-order valence-electron chi connectivity index (χ1n) is 7.20. The fourth-order valence-electron chi connectivity index (χ4n) is 2.14. The van der Waals surface area contributed by atoms with Gasteiger partial charge in [0.1, 0.15) is 5.01 Å². The first-order valence-corrected chi connectivity index (χ1v) is 8.77. The Labute approximate surface area is 153 Å². The van der Waals surface area contributed by atoms with Gasteiger partial charge in [-0.3, -0.25) is 4.79 Å². The predicted molar refractivity (Wildman–Crippen MR) is 98.0 cm³/mol. The minimum Gasteiger partial charge on any atom is -0.300 e. The average molecular weight is 378 g/mol. The van der Waals surface area contributed by atoms with Crippen LogP contribution in [0, 0.1) is 0 Å². The zero-order chi connectivity index (χ0) is 16.9. The number of nitrogens with one attached hydrogen (secondary N) is 1. The van der Waals surface area contributed by atoms with Crippen LogP contribution >= 0.6 is 34.5 Å². The zero-order valence-electron chi connectivity index (χ0n) is 12.5. The molecule has 7 heteroatoms. The van der Waals surface area contributed by atoms with Crippen LogP contribution in [0.1, 0.15) is 16.1 Å². The number of anilines is 1. The molecular formula is C17H13Cl2N3OS. The van der Waals surface area contributed by atoms with Crippen molar-refractivity contribution in [2.24, 2.45) is 0 Å².